The first-order valence-corrected chi connectivity index (χ1v) is 11.4. The molecule has 0 rings (SSSR count). The molecule has 0 aromatic carbocycles. The average Bonchev–Trinajstić information content (AvgIpc) is 2.64. The van der Waals surface area contributed by atoms with E-state index in [0.717, 1.165) is 51.4 Å². The molecule has 0 heterocycles. The molecule has 4 heteroatoms. The lowest BCUT2D eigenvalue weighted by atomic mass is 9.97. The van der Waals surface area contributed by atoms with E-state index in [2.05, 4.69) is 19.1 Å². The van der Waals surface area contributed by atoms with Gasteiger partial charge in [0.2, 0.25) is 0 Å². The number of carbonyl (C=O) groups is 2. The van der Waals surface area contributed by atoms with Gasteiger partial charge in [0.25, 0.3) is 0 Å². The van der Waals surface area contributed by atoms with Crippen molar-refractivity contribution in [1.29, 1.82) is 0 Å². The van der Waals surface area contributed by atoms with Crippen LogP contribution in [0.1, 0.15) is 105 Å². The molecule has 0 aliphatic carbocycles. The quantitative estimate of drug-likeness (QED) is 0.133. The molecule has 0 aliphatic heterocycles. The van der Waals surface area contributed by atoms with E-state index >= 15 is 0 Å². The Hall–Kier alpha value is -1.16. The predicted molar refractivity (Wildman–Crippen MR) is 116 cm³/mol. The molecular formula is C24H44O4. The van der Waals surface area contributed by atoms with E-state index in [-0.39, 0.29) is 23.8 Å². The Morgan fingerprint density at radius 1 is 0.929 bits per heavy atom. The minimum absolute atomic E-state index is 0.0926. The maximum absolute atomic E-state index is 12.0. The fraction of sp³-hybridized carbons (Fsp3) is 0.833. The molecule has 0 saturated carbocycles. The molecule has 0 amide bonds. The molecule has 28 heavy (non-hydrogen) atoms. The Kier molecular flexibility index (Phi) is 17.2. The SMILES string of the molecule is CCCCCCC(O)C/C=C\CCCCCCC(C(C)=O)C(=O)OCC(C)C. The lowest BCUT2D eigenvalue weighted by Crippen LogP contribution is -2.25. The van der Waals surface area contributed by atoms with Crippen molar-refractivity contribution >= 4 is 11.8 Å². The number of unbranched alkanes of at least 4 members (excludes halogenated alkanes) is 7. The molecule has 0 aliphatic rings. The first kappa shape index (κ1) is 26.8. The molecule has 4 nitrogen and oxygen atoms in total. The molecule has 0 radical (unpaired) electrons. The Morgan fingerprint density at radius 2 is 1.57 bits per heavy atom. The van der Waals surface area contributed by atoms with Gasteiger partial charge in [-0.3, -0.25) is 9.59 Å². The van der Waals surface area contributed by atoms with Crippen LogP contribution in [0, 0.1) is 11.8 Å². The first-order chi connectivity index (χ1) is 13.4. The minimum atomic E-state index is -0.600. The van der Waals surface area contributed by atoms with Crippen LogP contribution in [0.25, 0.3) is 0 Å². The second kappa shape index (κ2) is 17.9. The summed E-state index contributed by atoms with van der Waals surface area (Å²) in [4.78, 5) is 23.7. The van der Waals surface area contributed by atoms with Gasteiger partial charge in [-0.15, -0.1) is 0 Å². The topological polar surface area (TPSA) is 63.6 Å². The molecule has 0 aromatic rings. The normalized spacial score (nSPS) is 13.8. The number of ether oxygens (including phenoxy) is 1. The zero-order chi connectivity index (χ0) is 21.2. The third kappa shape index (κ3) is 15.9. The van der Waals surface area contributed by atoms with Crippen molar-refractivity contribution < 1.29 is 19.4 Å². The Balaban J connectivity index is 3.75. The van der Waals surface area contributed by atoms with Crippen LogP contribution in [0.2, 0.25) is 0 Å². The number of aliphatic hydroxyl groups is 1. The highest BCUT2D eigenvalue weighted by atomic mass is 16.5. The summed E-state index contributed by atoms with van der Waals surface area (Å²) in [6, 6.07) is 0. The molecule has 0 spiro atoms. The molecule has 0 saturated heterocycles. The lowest BCUT2D eigenvalue weighted by molar-refractivity contribution is -0.152. The maximum atomic E-state index is 12.0. The summed E-state index contributed by atoms with van der Waals surface area (Å²) in [5, 5.41) is 9.91. The van der Waals surface area contributed by atoms with E-state index in [0.29, 0.717) is 13.0 Å². The number of aliphatic hydroxyl groups excluding tert-OH is 1. The van der Waals surface area contributed by atoms with Gasteiger partial charge >= 0.3 is 5.97 Å². The minimum Gasteiger partial charge on any atom is -0.465 e. The van der Waals surface area contributed by atoms with Crippen LogP contribution in [0.5, 0.6) is 0 Å². The van der Waals surface area contributed by atoms with Gasteiger partial charge in [-0.25, -0.2) is 0 Å². The van der Waals surface area contributed by atoms with E-state index in [1.54, 1.807) is 0 Å². The summed E-state index contributed by atoms with van der Waals surface area (Å²) in [6.45, 7) is 8.02. The van der Waals surface area contributed by atoms with Crippen LogP contribution in [0.3, 0.4) is 0 Å². The first-order valence-electron chi connectivity index (χ1n) is 11.4. The average molecular weight is 397 g/mol. The van der Waals surface area contributed by atoms with Crippen LogP contribution < -0.4 is 0 Å². The van der Waals surface area contributed by atoms with Crippen molar-refractivity contribution in [2.75, 3.05) is 6.61 Å². The fourth-order valence-corrected chi connectivity index (χ4v) is 3.10. The smallest absolute Gasteiger partial charge is 0.316 e. The zero-order valence-corrected chi connectivity index (χ0v) is 18.8. The van der Waals surface area contributed by atoms with Gasteiger partial charge in [-0.05, 0) is 44.9 Å². The van der Waals surface area contributed by atoms with Crippen LogP contribution in [-0.4, -0.2) is 29.6 Å². The molecule has 164 valence electrons. The molecule has 1 N–H and O–H groups in total. The lowest BCUT2D eigenvalue weighted by Gasteiger charge is -2.14. The van der Waals surface area contributed by atoms with Gasteiger partial charge < -0.3 is 9.84 Å². The van der Waals surface area contributed by atoms with Crippen LogP contribution in [-0.2, 0) is 14.3 Å². The fourth-order valence-electron chi connectivity index (χ4n) is 3.10. The monoisotopic (exact) mass is 396 g/mol. The highest BCUT2D eigenvalue weighted by Gasteiger charge is 2.24. The van der Waals surface area contributed by atoms with E-state index in [1.165, 1.54) is 26.2 Å². The summed E-state index contributed by atoms with van der Waals surface area (Å²) in [5.74, 6) is -0.772. The van der Waals surface area contributed by atoms with Crippen LogP contribution in [0.15, 0.2) is 12.2 Å². The van der Waals surface area contributed by atoms with Crippen molar-refractivity contribution in [3.8, 4) is 0 Å². The largest absolute Gasteiger partial charge is 0.465 e. The second-order valence-electron chi connectivity index (χ2n) is 8.39. The Labute approximate surface area is 173 Å². The maximum Gasteiger partial charge on any atom is 0.316 e. The van der Waals surface area contributed by atoms with Gasteiger partial charge in [0.1, 0.15) is 11.7 Å². The summed E-state index contributed by atoms with van der Waals surface area (Å²) in [7, 11) is 0. The van der Waals surface area contributed by atoms with Crippen LogP contribution >= 0.6 is 0 Å². The van der Waals surface area contributed by atoms with Gasteiger partial charge in [-0.1, -0.05) is 77.9 Å². The Bertz CT molecular complexity index is 428. The highest BCUT2D eigenvalue weighted by molar-refractivity contribution is 5.97. The zero-order valence-electron chi connectivity index (χ0n) is 18.8. The summed E-state index contributed by atoms with van der Waals surface area (Å²) in [6.07, 6.45) is 16.3. The Morgan fingerprint density at radius 3 is 2.21 bits per heavy atom. The molecule has 0 bridgehead atoms. The van der Waals surface area contributed by atoms with Gasteiger partial charge in [0, 0.05) is 0 Å². The van der Waals surface area contributed by atoms with Crippen molar-refractivity contribution in [3.63, 3.8) is 0 Å². The summed E-state index contributed by atoms with van der Waals surface area (Å²) >= 11 is 0. The number of Topliss-reactive ketones (excluding diaryl/α,β-unsaturated/α-hetero) is 1. The standard InChI is InChI=1S/C24H44O4/c1-5-6-7-13-16-22(26)17-14-11-9-8-10-12-15-18-23(21(4)25)24(27)28-19-20(2)3/h11,14,20,22-23,26H,5-10,12-13,15-19H2,1-4H3/b14-11-. The molecule has 0 aromatic heterocycles. The van der Waals surface area contributed by atoms with Gasteiger partial charge in [0.05, 0.1) is 12.7 Å². The molecule has 2 atom stereocenters. The second-order valence-corrected chi connectivity index (χ2v) is 8.39. The van der Waals surface area contributed by atoms with E-state index in [1.807, 2.05) is 13.8 Å². The predicted octanol–water partition coefficient (Wildman–Crippen LogP) is 6.01. The summed E-state index contributed by atoms with van der Waals surface area (Å²) in [5.41, 5.74) is 0. The third-order valence-corrected chi connectivity index (χ3v) is 4.91. The number of hydrogen-bond donors (Lipinski definition) is 1. The van der Waals surface area contributed by atoms with E-state index in [9.17, 15) is 14.7 Å². The number of rotatable bonds is 18. The third-order valence-electron chi connectivity index (χ3n) is 4.91. The van der Waals surface area contributed by atoms with E-state index < -0.39 is 5.92 Å². The molecule has 2 unspecified atom stereocenters. The van der Waals surface area contributed by atoms with Crippen molar-refractivity contribution in [1.82, 2.24) is 0 Å². The van der Waals surface area contributed by atoms with Crippen molar-refractivity contribution in [2.24, 2.45) is 11.8 Å². The number of carbonyl (C=O) groups excluding carboxylic acids is 2. The molecule has 0 fully saturated rings. The highest BCUT2D eigenvalue weighted by Crippen LogP contribution is 2.15. The van der Waals surface area contributed by atoms with Crippen LogP contribution in [0.4, 0.5) is 0 Å². The number of hydrogen-bond acceptors (Lipinski definition) is 4. The van der Waals surface area contributed by atoms with E-state index in [4.69, 9.17) is 4.74 Å². The van der Waals surface area contributed by atoms with Gasteiger partial charge in [-0.2, -0.15) is 0 Å². The number of esters is 1. The van der Waals surface area contributed by atoms with Crippen molar-refractivity contribution in [2.45, 2.75) is 111 Å². The molecular weight excluding hydrogens is 352 g/mol. The van der Waals surface area contributed by atoms with Gasteiger partial charge in [0.15, 0.2) is 0 Å². The van der Waals surface area contributed by atoms with Crippen molar-refractivity contribution in [3.05, 3.63) is 12.2 Å². The number of allylic oxidation sites excluding steroid dienone is 1. The summed E-state index contributed by atoms with van der Waals surface area (Å²) < 4.78 is 5.22. The number of ketones is 1.